The van der Waals surface area contributed by atoms with E-state index in [0.29, 0.717) is 6.61 Å². The molecule has 1 aromatic heterocycles. The number of hydrogen-bond acceptors (Lipinski definition) is 3. The summed E-state index contributed by atoms with van der Waals surface area (Å²) in [5, 5.41) is 0. The van der Waals surface area contributed by atoms with Crippen LogP contribution in [0.4, 0.5) is 0 Å². The summed E-state index contributed by atoms with van der Waals surface area (Å²) in [7, 11) is 0. The van der Waals surface area contributed by atoms with Gasteiger partial charge in [0.2, 0.25) is 0 Å². The number of pyridine rings is 1. The van der Waals surface area contributed by atoms with Crippen LogP contribution in [0.1, 0.15) is 17.4 Å². The molecule has 15 heavy (non-hydrogen) atoms. The fourth-order valence-electron chi connectivity index (χ4n) is 1.03. The standard InChI is InChI=1S/C10H11Br2NO2/c1-2-15-10(14)9(12)8(11)7-5-3-4-6-13-7/h3-6,8-9H,2H2,1H3. The molecule has 3 nitrogen and oxygen atoms in total. The lowest BCUT2D eigenvalue weighted by Crippen LogP contribution is -2.22. The highest BCUT2D eigenvalue weighted by molar-refractivity contribution is 9.12. The second-order valence-electron chi connectivity index (χ2n) is 2.81. The van der Waals surface area contributed by atoms with Crippen LogP contribution in [0.3, 0.4) is 0 Å². The summed E-state index contributed by atoms with van der Waals surface area (Å²) in [6.45, 7) is 2.16. The fraction of sp³-hybridized carbons (Fsp3) is 0.400. The van der Waals surface area contributed by atoms with E-state index >= 15 is 0 Å². The van der Waals surface area contributed by atoms with E-state index < -0.39 is 4.83 Å². The molecular weight excluding hydrogens is 326 g/mol. The van der Waals surface area contributed by atoms with Crippen LogP contribution < -0.4 is 0 Å². The molecule has 2 unspecified atom stereocenters. The average Bonchev–Trinajstić information content (AvgIpc) is 2.28. The minimum Gasteiger partial charge on any atom is -0.465 e. The maximum Gasteiger partial charge on any atom is 0.321 e. The Morgan fingerprint density at radius 1 is 1.53 bits per heavy atom. The van der Waals surface area contributed by atoms with Gasteiger partial charge in [-0.05, 0) is 19.1 Å². The molecule has 0 radical (unpaired) electrons. The molecule has 2 atom stereocenters. The van der Waals surface area contributed by atoms with Crippen LogP contribution in [0, 0.1) is 0 Å². The van der Waals surface area contributed by atoms with E-state index in [4.69, 9.17) is 4.74 Å². The molecule has 1 aromatic rings. The first-order chi connectivity index (χ1) is 7.16. The SMILES string of the molecule is CCOC(=O)C(Br)C(Br)c1ccccn1. The third-order valence-electron chi connectivity index (χ3n) is 1.74. The van der Waals surface area contributed by atoms with Crippen molar-refractivity contribution in [3.63, 3.8) is 0 Å². The summed E-state index contributed by atoms with van der Waals surface area (Å²) in [5.74, 6) is -0.287. The Labute approximate surface area is 105 Å². The first kappa shape index (κ1) is 12.6. The topological polar surface area (TPSA) is 39.2 Å². The van der Waals surface area contributed by atoms with Crippen molar-refractivity contribution in [2.45, 2.75) is 16.6 Å². The monoisotopic (exact) mass is 335 g/mol. The number of halogens is 2. The van der Waals surface area contributed by atoms with Crippen molar-refractivity contribution in [3.05, 3.63) is 30.1 Å². The number of ether oxygens (including phenoxy) is 1. The molecule has 0 aromatic carbocycles. The smallest absolute Gasteiger partial charge is 0.321 e. The van der Waals surface area contributed by atoms with Gasteiger partial charge in [0.05, 0.1) is 17.1 Å². The van der Waals surface area contributed by atoms with Gasteiger partial charge in [-0.15, -0.1) is 0 Å². The normalized spacial score (nSPS) is 14.3. The van der Waals surface area contributed by atoms with Crippen LogP contribution in [0.25, 0.3) is 0 Å². The van der Waals surface area contributed by atoms with Crippen molar-refractivity contribution >= 4 is 37.8 Å². The lowest BCUT2D eigenvalue weighted by atomic mass is 10.2. The second-order valence-corrected chi connectivity index (χ2v) is 4.78. The molecule has 1 heterocycles. The molecule has 0 aliphatic rings. The zero-order chi connectivity index (χ0) is 11.3. The van der Waals surface area contributed by atoms with Gasteiger partial charge in [-0.3, -0.25) is 9.78 Å². The van der Waals surface area contributed by atoms with E-state index in [1.165, 1.54) is 0 Å². The Hall–Kier alpha value is -0.420. The fourth-order valence-corrected chi connectivity index (χ4v) is 1.92. The number of nitrogens with zero attached hydrogens (tertiary/aromatic N) is 1. The maximum absolute atomic E-state index is 11.4. The average molecular weight is 337 g/mol. The summed E-state index contributed by atoms with van der Waals surface area (Å²) < 4.78 is 4.90. The van der Waals surface area contributed by atoms with Crippen LogP contribution in [0.15, 0.2) is 24.4 Å². The van der Waals surface area contributed by atoms with Gasteiger partial charge in [-0.2, -0.15) is 0 Å². The molecule has 0 spiro atoms. The van der Waals surface area contributed by atoms with Crippen LogP contribution in [0.2, 0.25) is 0 Å². The highest BCUT2D eigenvalue weighted by Crippen LogP contribution is 2.30. The van der Waals surface area contributed by atoms with Gasteiger partial charge in [0.25, 0.3) is 0 Å². The number of aromatic nitrogens is 1. The molecule has 0 aliphatic carbocycles. The van der Waals surface area contributed by atoms with Gasteiger partial charge in [-0.25, -0.2) is 0 Å². The predicted octanol–water partition coefficient (Wildman–Crippen LogP) is 2.84. The number of esters is 1. The van der Waals surface area contributed by atoms with E-state index in [-0.39, 0.29) is 10.8 Å². The van der Waals surface area contributed by atoms with Crippen molar-refractivity contribution in [2.24, 2.45) is 0 Å². The van der Waals surface area contributed by atoms with Gasteiger partial charge in [0.15, 0.2) is 0 Å². The summed E-state index contributed by atoms with van der Waals surface area (Å²) >= 11 is 6.70. The van der Waals surface area contributed by atoms with E-state index in [0.717, 1.165) is 5.69 Å². The molecular formula is C10H11Br2NO2. The van der Waals surface area contributed by atoms with Crippen molar-refractivity contribution < 1.29 is 9.53 Å². The van der Waals surface area contributed by atoms with Crippen LogP contribution in [0.5, 0.6) is 0 Å². The minimum atomic E-state index is -0.424. The van der Waals surface area contributed by atoms with Crippen molar-refractivity contribution in [3.8, 4) is 0 Å². The zero-order valence-electron chi connectivity index (χ0n) is 8.19. The largest absolute Gasteiger partial charge is 0.465 e. The highest BCUT2D eigenvalue weighted by atomic mass is 79.9. The number of rotatable bonds is 4. The first-order valence-corrected chi connectivity index (χ1v) is 6.35. The van der Waals surface area contributed by atoms with Gasteiger partial charge in [0.1, 0.15) is 4.83 Å². The van der Waals surface area contributed by atoms with E-state index in [9.17, 15) is 4.79 Å². The molecule has 0 N–H and O–H groups in total. The number of carbonyl (C=O) groups is 1. The minimum absolute atomic E-state index is 0.183. The lowest BCUT2D eigenvalue weighted by Gasteiger charge is -2.14. The Bertz CT molecular complexity index is 318. The molecule has 5 heteroatoms. The molecule has 0 aliphatic heterocycles. The number of carbonyl (C=O) groups excluding carboxylic acids is 1. The summed E-state index contributed by atoms with van der Waals surface area (Å²) in [6, 6.07) is 5.56. The van der Waals surface area contributed by atoms with E-state index in [2.05, 4.69) is 36.8 Å². The van der Waals surface area contributed by atoms with Gasteiger partial charge >= 0.3 is 5.97 Å². The third kappa shape index (κ3) is 3.57. The molecule has 0 amide bonds. The third-order valence-corrected chi connectivity index (χ3v) is 4.35. The van der Waals surface area contributed by atoms with E-state index in [1.807, 2.05) is 18.2 Å². The van der Waals surface area contributed by atoms with Gasteiger partial charge in [-0.1, -0.05) is 37.9 Å². The lowest BCUT2D eigenvalue weighted by molar-refractivity contribution is -0.142. The van der Waals surface area contributed by atoms with Crippen LogP contribution in [-0.2, 0) is 9.53 Å². The Balaban J connectivity index is 2.68. The molecule has 1 rings (SSSR count). The Kier molecular flexibility index (Phi) is 5.25. The summed E-state index contributed by atoms with van der Waals surface area (Å²) in [5.41, 5.74) is 0.799. The van der Waals surface area contributed by atoms with Crippen molar-refractivity contribution in [1.29, 1.82) is 0 Å². The second kappa shape index (κ2) is 6.23. The zero-order valence-corrected chi connectivity index (χ0v) is 11.4. The number of hydrogen-bond donors (Lipinski definition) is 0. The molecule has 0 saturated carbocycles. The van der Waals surface area contributed by atoms with E-state index in [1.54, 1.807) is 13.1 Å². The van der Waals surface area contributed by atoms with Crippen molar-refractivity contribution in [2.75, 3.05) is 6.61 Å². The molecule has 0 bridgehead atoms. The molecule has 0 saturated heterocycles. The first-order valence-electron chi connectivity index (χ1n) is 4.52. The van der Waals surface area contributed by atoms with Crippen LogP contribution in [-0.4, -0.2) is 22.4 Å². The van der Waals surface area contributed by atoms with Crippen LogP contribution >= 0.6 is 31.9 Å². The maximum atomic E-state index is 11.4. The Morgan fingerprint density at radius 3 is 2.80 bits per heavy atom. The number of alkyl halides is 2. The quantitative estimate of drug-likeness (QED) is 0.627. The Morgan fingerprint density at radius 2 is 2.27 bits per heavy atom. The highest BCUT2D eigenvalue weighted by Gasteiger charge is 2.26. The van der Waals surface area contributed by atoms with Crippen molar-refractivity contribution in [1.82, 2.24) is 4.98 Å². The molecule has 82 valence electrons. The van der Waals surface area contributed by atoms with Gasteiger partial charge in [0, 0.05) is 6.20 Å². The predicted molar refractivity (Wildman–Crippen MR) is 65.3 cm³/mol. The summed E-state index contributed by atoms with van der Waals surface area (Å²) in [6.07, 6.45) is 1.69. The van der Waals surface area contributed by atoms with Gasteiger partial charge < -0.3 is 4.74 Å². The molecule has 0 fully saturated rings. The summed E-state index contributed by atoms with van der Waals surface area (Å²) in [4.78, 5) is 15.0.